The standard InChI is InChI=1S/C22H25N5O3/c1-23-22(25-16-4-9-20-21(14-16)30-13-3-12-29-20)24-15-17-10-11-27(26-17)18-5-7-19(28-2)8-6-18/h4-11,14H,3,12-13,15H2,1-2H3,(H2,23,24,25). The van der Waals surface area contributed by atoms with Crippen molar-refractivity contribution in [3.8, 4) is 22.9 Å². The molecule has 8 heteroatoms. The van der Waals surface area contributed by atoms with E-state index in [4.69, 9.17) is 14.2 Å². The van der Waals surface area contributed by atoms with Gasteiger partial charge in [-0.2, -0.15) is 5.10 Å². The zero-order valence-electron chi connectivity index (χ0n) is 17.1. The van der Waals surface area contributed by atoms with Gasteiger partial charge in [-0.1, -0.05) is 0 Å². The summed E-state index contributed by atoms with van der Waals surface area (Å²) in [5, 5.41) is 11.2. The van der Waals surface area contributed by atoms with Gasteiger partial charge in [0.2, 0.25) is 0 Å². The Morgan fingerprint density at radius 1 is 1.10 bits per heavy atom. The van der Waals surface area contributed by atoms with Crippen LogP contribution < -0.4 is 24.8 Å². The maximum absolute atomic E-state index is 5.75. The van der Waals surface area contributed by atoms with Crippen LogP contribution in [-0.4, -0.2) is 43.1 Å². The molecule has 0 unspecified atom stereocenters. The summed E-state index contributed by atoms with van der Waals surface area (Å²) < 4.78 is 18.5. The first-order chi connectivity index (χ1) is 14.7. The Bertz CT molecular complexity index is 1010. The van der Waals surface area contributed by atoms with Gasteiger partial charge in [-0.15, -0.1) is 0 Å². The normalized spacial score (nSPS) is 13.5. The summed E-state index contributed by atoms with van der Waals surface area (Å²) >= 11 is 0. The van der Waals surface area contributed by atoms with E-state index in [1.807, 2.05) is 59.4 Å². The van der Waals surface area contributed by atoms with Crippen LogP contribution in [0.15, 0.2) is 59.7 Å². The number of methoxy groups -OCH3 is 1. The first-order valence-electron chi connectivity index (χ1n) is 9.81. The van der Waals surface area contributed by atoms with E-state index >= 15 is 0 Å². The molecule has 0 atom stereocenters. The quantitative estimate of drug-likeness (QED) is 0.499. The van der Waals surface area contributed by atoms with Crippen molar-refractivity contribution in [1.29, 1.82) is 0 Å². The summed E-state index contributed by atoms with van der Waals surface area (Å²) in [7, 11) is 3.38. The van der Waals surface area contributed by atoms with E-state index in [0.717, 1.165) is 40.7 Å². The summed E-state index contributed by atoms with van der Waals surface area (Å²) in [6.07, 6.45) is 2.81. The van der Waals surface area contributed by atoms with Crippen LogP contribution >= 0.6 is 0 Å². The van der Waals surface area contributed by atoms with Crippen LogP contribution in [0.3, 0.4) is 0 Å². The molecule has 0 spiro atoms. The molecule has 0 aliphatic carbocycles. The van der Waals surface area contributed by atoms with E-state index in [1.54, 1.807) is 14.2 Å². The highest BCUT2D eigenvalue weighted by atomic mass is 16.5. The molecular weight excluding hydrogens is 382 g/mol. The minimum Gasteiger partial charge on any atom is -0.497 e. The number of nitrogens with zero attached hydrogens (tertiary/aromatic N) is 3. The molecule has 1 aliphatic rings. The topological polar surface area (TPSA) is 81.9 Å². The van der Waals surface area contributed by atoms with Gasteiger partial charge in [0, 0.05) is 31.4 Å². The molecule has 0 saturated heterocycles. The average Bonchev–Trinajstić information content (AvgIpc) is 3.14. The number of ether oxygens (including phenoxy) is 3. The molecule has 30 heavy (non-hydrogen) atoms. The monoisotopic (exact) mass is 407 g/mol. The van der Waals surface area contributed by atoms with Gasteiger partial charge in [-0.05, 0) is 42.5 Å². The van der Waals surface area contributed by atoms with Crippen LogP contribution in [-0.2, 0) is 6.54 Å². The molecule has 2 aromatic carbocycles. The summed E-state index contributed by atoms with van der Waals surface area (Å²) in [6, 6.07) is 15.5. The second kappa shape index (κ2) is 9.21. The predicted molar refractivity (Wildman–Crippen MR) is 116 cm³/mol. The fourth-order valence-corrected chi connectivity index (χ4v) is 3.07. The summed E-state index contributed by atoms with van der Waals surface area (Å²) in [5.74, 6) is 2.97. The number of aliphatic imine (C=N–C) groups is 1. The van der Waals surface area contributed by atoms with Crippen molar-refractivity contribution in [3.05, 3.63) is 60.4 Å². The van der Waals surface area contributed by atoms with Crippen LogP contribution in [0.1, 0.15) is 12.1 Å². The van der Waals surface area contributed by atoms with Gasteiger partial charge < -0.3 is 24.8 Å². The summed E-state index contributed by atoms with van der Waals surface area (Å²) in [5.41, 5.74) is 2.74. The molecule has 0 bridgehead atoms. The van der Waals surface area contributed by atoms with Crippen molar-refractivity contribution in [1.82, 2.24) is 15.1 Å². The van der Waals surface area contributed by atoms with Crippen molar-refractivity contribution in [2.24, 2.45) is 4.99 Å². The first-order valence-corrected chi connectivity index (χ1v) is 9.81. The van der Waals surface area contributed by atoms with Gasteiger partial charge in [-0.3, -0.25) is 4.99 Å². The minimum absolute atomic E-state index is 0.535. The molecule has 0 saturated carbocycles. The Balaban J connectivity index is 1.37. The van der Waals surface area contributed by atoms with Crippen molar-refractivity contribution in [2.75, 3.05) is 32.7 Å². The highest BCUT2D eigenvalue weighted by Gasteiger charge is 2.11. The zero-order chi connectivity index (χ0) is 20.8. The van der Waals surface area contributed by atoms with Crippen molar-refractivity contribution >= 4 is 11.6 Å². The molecular formula is C22H25N5O3. The number of anilines is 1. The van der Waals surface area contributed by atoms with Crippen molar-refractivity contribution in [3.63, 3.8) is 0 Å². The molecule has 8 nitrogen and oxygen atoms in total. The van der Waals surface area contributed by atoms with E-state index in [9.17, 15) is 0 Å². The van der Waals surface area contributed by atoms with Gasteiger partial charge >= 0.3 is 0 Å². The van der Waals surface area contributed by atoms with Crippen molar-refractivity contribution < 1.29 is 14.2 Å². The number of rotatable bonds is 5. The van der Waals surface area contributed by atoms with E-state index in [2.05, 4.69) is 20.7 Å². The predicted octanol–water partition coefficient (Wildman–Crippen LogP) is 3.23. The Kier molecular flexibility index (Phi) is 6.03. The van der Waals surface area contributed by atoms with Crippen LogP contribution in [0.5, 0.6) is 17.2 Å². The molecule has 0 fully saturated rings. The molecule has 4 rings (SSSR count). The van der Waals surface area contributed by atoms with Gasteiger partial charge in [0.1, 0.15) is 5.75 Å². The van der Waals surface area contributed by atoms with E-state index in [0.29, 0.717) is 25.7 Å². The third kappa shape index (κ3) is 4.65. The molecule has 2 heterocycles. The number of benzene rings is 2. The number of hydrogen-bond acceptors (Lipinski definition) is 5. The minimum atomic E-state index is 0.535. The molecule has 1 aromatic heterocycles. The van der Waals surface area contributed by atoms with Gasteiger partial charge in [0.15, 0.2) is 17.5 Å². The zero-order valence-corrected chi connectivity index (χ0v) is 17.1. The number of guanidine groups is 1. The molecule has 0 amide bonds. The second-order valence-electron chi connectivity index (χ2n) is 6.71. The number of aromatic nitrogens is 2. The SMILES string of the molecule is CN=C(NCc1ccn(-c2ccc(OC)cc2)n1)Nc1ccc2c(c1)OCCCO2. The van der Waals surface area contributed by atoms with Crippen LogP contribution in [0.2, 0.25) is 0 Å². The van der Waals surface area contributed by atoms with Crippen LogP contribution in [0, 0.1) is 0 Å². The Morgan fingerprint density at radius 2 is 1.90 bits per heavy atom. The lowest BCUT2D eigenvalue weighted by molar-refractivity contribution is 0.297. The van der Waals surface area contributed by atoms with E-state index < -0.39 is 0 Å². The number of nitrogens with one attached hydrogen (secondary N) is 2. The Labute approximate surface area is 175 Å². The molecule has 3 aromatic rings. The lowest BCUT2D eigenvalue weighted by Crippen LogP contribution is -2.30. The largest absolute Gasteiger partial charge is 0.497 e. The lowest BCUT2D eigenvalue weighted by Gasteiger charge is -2.13. The Hall–Kier alpha value is -3.68. The lowest BCUT2D eigenvalue weighted by atomic mass is 10.3. The first kappa shape index (κ1) is 19.6. The van der Waals surface area contributed by atoms with E-state index in [1.165, 1.54) is 0 Å². The molecule has 0 radical (unpaired) electrons. The maximum atomic E-state index is 5.75. The van der Waals surface area contributed by atoms with Gasteiger partial charge in [0.05, 0.1) is 38.2 Å². The van der Waals surface area contributed by atoms with Gasteiger partial charge in [0.25, 0.3) is 0 Å². The maximum Gasteiger partial charge on any atom is 0.195 e. The number of fused-ring (bicyclic) bond motifs is 1. The van der Waals surface area contributed by atoms with Crippen molar-refractivity contribution in [2.45, 2.75) is 13.0 Å². The Morgan fingerprint density at radius 3 is 2.67 bits per heavy atom. The summed E-state index contributed by atoms with van der Waals surface area (Å²) in [6.45, 7) is 1.86. The molecule has 2 N–H and O–H groups in total. The third-order valence-corrected chi connectivity index (χ3v) is 4.65. The highest BCUT2D eigenvalue weighted by Crippen LogP contribution is 2.32. The van der Waals surface area contributed by atoms with Gasteiger partial charge in [-0.25, -0.2) is 4.68 Å². The fraction of sp³-hybridized carbons (Fsp3) is 0.273. The third-order valence-electron chi connectivity index (χ3n) is 4.65. The van der Waals surface area contributed by atoms with Crippen LogP contribution in [0.4, 0.5) is 5.69 Å². The number of hydrogen-bond donors (Lipinski definition) is 2. The molecule has 156 valence electrons. The van der Waals surface area contributed by atoms with Crippen LogP contribution in [0.25, 0.3) is 5.69 Å². The van der Waals surface area contributed by atoms with E-state index in [-0.39, 0.29) is 0 Å². The smallest absolute Gasteiger partial charge is 0.195 e. The molecule has 1 aliphatic heterocycles. The average molecular weight is 407 g/mol. The highest BCUT2D eigenvalue weighted by molar-refractivity contribution is 5.93. The summed E-state index contributed by atoms with van der Waals surface area (Å²) in [4.78, 5) is 4.29. The fourth-order valence-electron chi connectivity index (χ4n) is 3.07. The second-order valence-corrected chi connectivity index (χ2v) is 6.71.